The van der Waals surface area contributed by atoms with Crippen molar-refractivity contribution >= 4 is 5.97 Å². The van der Waals surface area contributed by atoms with E-state index in [-0.39, 0.29) is 5.97 Å². The second-order valence-electron chi connectivity index (χ2n) is 7.24. The molecule has 3 rings (SSSR count). The second kappa shape index (κ2) is 9.72. The number of hydrogen-bond donors (Lipinski definition) is 0. The van der Waals surface area contributed by atoms with E-state index in [4.69, 9.17) is 9.15 Å². The van der Waals surface area contributed by atoms with Gasteiger partial charge >= 0.3 is 5.97 Å². The molecule has 0 amide bonds. The number of nitrogens with zero attached hydrogens (tertiary/aromatic N) is 2. The largest absolute Gasteiger partial charge is 0.467 e. The molecule has 2 aromatic rings. The molecule has 0 aliphatic carbocycles. The lowest BCUT2D eigenvalue weighted by atomic mass is 10.0. The maximum Gasteiger partial charge on any atom is 0.341 e. The van der Waals surface area contributed by atoms with Gasteiger partial charge in [-0.2, -0.15) is 0 Å². The normalized spacial score (nSPS) is 18.0. The number of ether oxygens (including phenoxy) is 1. The van der Waals surface area contributed by atoms with E-state index in [2.05, 4.69) is 47.1 Å². The van der Waals surface area contributed by atoms with Gasteiger partial charge in [-0.15, -0.1) is 0 Å². The first-order valence-corrected chi connectivity index (χ1v) is 9.86. The van der Waals surface area contributed by atoms with Gasteiger partial charge in [0.2, 0.25) is 0 Å². The summed E-state index contributed by atoms with van der Waals surface area (Å²) in [6.45, 7) is 7.01. The molecule has 0 spiro atoms. The van der Waals surface area contributed by atoms with Crippen molar-refractivity contribution in [1.82, 2.24) is 9.80 Å². The fourth-order valence-corrected chi connectivity index (χ4v) is 3.93. The van der Waals surface area contributed by atoms with E-state index < -0.39 is 0 Å². The third kappa shape index (κ3) is 5.21. The maximum atomic E-state index is 12.0. The summed E-state index contributed by atoms with van der Waals surface area (Å²) in [5.41, 5.74) is 1.90. The van der Waals surface area contributed by atoms with Crippen LogP contribution in [0.2, 0.25) is 0 Å². The van der Waals surface area contributed by atoms with Crippen molar-refractivity contribution in [3.05, 3.63) is 59.5 Å². The first-order chi connectivity index (χ1) is 13.2. The molecule has 0 bridgehead atoms. The van der Waals surface area contributed by atoms with Crippen LogP contribution in [-0.4, -0.2) is 48.6 Å². The molecule has 1 aromatic heterocycles. The third-order valence-corrected chi connectivity index (χ3v) is 5.25. The SMILES string of the molecule is CCCN(Cc1occc1C(=O)OC)[C@H]1CCCN(Cc2ccccc2)C1. The van der Waals surface area contributed by atoms with Crippen LogP contribution in [0.3, 0.4) is 0 Å². The molecule has 1 atom stereocenters. The topological polar surface area (TPSA) is 45.9 Å². The molecule has 5 heteroatoms. The lowest BCUT2D eigenvalue weighted by Crippen LogP contribution is -2.47. The number of methoxy groups -OCH3 is 1. The van der Waals surface area contributed by atoms with Crippen LogP contribution < -0.4 is 0 Å². The highest BCUT2D eigenvalue weighted by Gasteiger charge is 2.27. The van der Waals surface area contributed by atoms with Crippen molar-refractivity contribution in [3.8, 4) is 0 Å². The molecule has 1 aliphatic heterocycles. The molecule has 0 saturated carbocycles. The lowest BCUT2D eigenvalue weighted by molar-refractivity contribution is 0.0588. The zero-order chi connectivity index (χ0) is 19.1. The number of carbonyl (C=O) groups is 1. The Hall–Kier alpha value is -2.11. The average Bonchev–Trinajstić information content (AvgIpc) is 3.16. The number of carbonyl (C=O) groups excluding carboxylic acids is 1. The quantitative estimate of drug-likeness (QED) is 0.659. The minimum atomic E-state index is -0.329. The number of likely N-dealkylation sites (tertiary alicyclic amines) is 1. The number of furan rings is 1. The van der Waals surface area contributed by atoms with E-state index in [9.17, 15) is 4.79 Å². The van der Waals surface area contributed by atoms with E-state index in [0.717, 1.165) is 32.6 Å². The molecule has 27 heavy (non-hydrogen) atoms. The zero-order valence-corrected chi connectivity index (χ0v) is 16.4. The summed E-state index contributed by atoms with van der Waals surface area (Å²) in [7, 11) is 1.41. The van der Waals surface area contributed by atoms with Crippen LogP contribution in [0.1, 0.15) is 47.9 Å². The molecule has 146 valence electrons. The molecule has 5 nitrogen and oxygen atoms in total. The van der Waals surface area contributed by atoms with Gasteiger partial charge in [-0.05, 0) is 44.0 Å². The highest BCUT2D eigenvalue weighted by molar-refractivity contribution is 5.90. The summed E-state index contributed by atoms with van der Waals surface area (Å²) in [6.07, 6.45) is 5.02. The Labute approximate surface area is 161 Å². The predicted molar refractivity (Wildman–Crippen MR) is 105 cm³/mol. The van der Waals surface area contributed by atoms with Crippen LogP contribution in [0, 0.1) is 0 Å². The summed E-state index contributed by atoms with van der Waals surface area (Å²) < 4.78 is 10.5. The summed E-state index contributed by atoms with van der Waals surface area (Å²) in [6, 6.07) is 12.8. The van der Waals surface area contributed by atoms with Crippen molar-refractivity contribution in [2.75, 3.05) is 26.7 Å². The summed E-state index contributed by atoms with van der Waals surface area (Å²) >= 11 is 0. The van der Waals surface area contributed by atoms with Crippen molar-refractivity contribution in [1.29, 1.82) is 0 Å². The Kier molecular flexibility index (Phi) is 7.07. The fraction of sp³-hybridized carbons (Fsp3) is 0.500. The number of rotatable bonds is 8. The fourth-order valence-electron chi connectivity index (χ4n) is 3.93. The smallest absolute Gasteiger partial charge is 0.341 e. The van der Waals surface area contributed by atoms with Gasteiger partial charge in [0.1, 0.15) is 11.3 Å². The zero-order valence-electron chi connectivity index (χ0n) is 16.4. The van der Waals surface area contributed by atoms with Crippen LogP contribution in [0.5, 0.6) is 0 Å². The van der Waals surface area contributed by atoms with Gasteiger partial charge in [-0.1, -0.05) is 37.3 Å². The van der Waals surface area contributed by atoms with E-state index >= 15 is 0 Å². The molecule has 0 radical (unpaired) electrons. The predicted octanol–water partition coefficient (Wildman–Crippen LogP) is 3.94. The Morgan fingerprint density at radius 2 is 2.11 bits per heavy atom. The third-order valence-electron chi connectivity index (χ3n) is 5.25. The van der Waals surface area contributed by atoms with E-state index in [1.54, 1.807) is 12.3 Å². The van der Waals surface area contributed by atoms with Gasteiger partial charge < -0.3 is 9.15 Å². The highest BCUT2D eigenvalue weighted by atomic mass is 16.5. The van der Waals surface area contributed by atoms with Crippen molar-refractivity contribution in [2.24, 2.45) is 0 Å². The molecular weight excluding hydrogens is 340 g/mol. The highest BCUT2D eigenvalue weighted by Crippen LogP contribution is 2.22. The molecule has 2 heterocycles. The van der Waals surface area contributed by atoms with E-state index in [1.165, 1.54) is 25.5 Å². The lowest BCUT2D eigenvalue weighted by Gasteiger charge is -2.39. The molecule has 1 fully saturated rings. The Bertz CT molecular complexity index is 713. The average molecular weight is 370 g/mol. The minimum absolute atomic E-state index is 0.329. The maximum absolute atomic E-state index is 12.0. The number of piperidine rings is 1. The van der Waals surface area contributed by atoms with Crippen LogP contribution in [0.25, 0.3) is 0 Å². The summed E-state index contributed by atoms with van der Waals surface area (Å²) in [5, 5.41) is 0. The number of esters is 1. The molecule has 0 N–H and O–H groups in total. The van der Waals surface area contributed by atoms with Gasteiger partial charge in [0.15, 0.2) is 0 Å². The molecule has 0 unspecified atom stereocenters. The van der Waals surface area contributed by atoms with Gasteiger partial charge in [0.05, 0.1) is 19.9 Å². The van der Waals surface area contributed by atoms with Crippen molar-refractivity contribution in [2.45, 2.75) is 45.3 Å². The second-order valence-corrected chi connectivity index (χ2v) is 7.24. The van der Waals surface area contributed by atoms with Gasteiger partial charge in [0.25, 0.3) is 0 Å². The van der Waals surface area contributed by atoms with E-state index in [0.29, 0.717) is 23.9 Å². The molecular formula is C22H30N2O3. The number of benzene rings is 1. The van der Waals surface area contributed by atoms with Gasteiger partial charge in [-0.3, -0.25) is 9.80 Å². The Morgan fingerprint density at radius 3 is 2.85 bits per heavy atom. The molecule has 1 aliphatic rings. The van der Waals surface area contributed by atoms with Crippen LogP contribution >= 0.6 is 0 Å². The Morgan fingerprint density at radius 1 is 1.30 bits per heavy atom. The van der Waals surface area contributed by atoms with Crippen LogP contribution in [0.4, 0.5) is 0 Å². The first-order valence-electron chi connectivity index (χ1n) is 9.86. The monoisotopic (exact) mass is 370 g/mol. The van der Waals surface area contributed by atoms with E-state index in [1.807, 2.05) is 0 Å². The minimum Gasteiger partial charge on any atom is -0.467 e. The molecule has 1 saturated heterocycles. The summed E-state index contributed by atoms with van der Waals surface area (Å²) in [4.78, 5) is 17.0. The van der Waals surface area contributed by atoms with Gasteiger partial charge in [-0.25, -0.2) is 4.79 Å². The Balaban J connectivity index is 1.67. The van der Waals surface area contributed by atoms with Crippen LogP contribution in [0.15, 0.2) is 47.1 Å². The van der Waals surface area contributed by atoms with Crippen molar-refractivity contribution in [3.63, 3.8) is 0 Å². The standard InChI is InChI=1S/C22H30N2O3/c1-3-12-24(17-21-20(11-14-27-21)22(25)26-2)19-10-7-13-23(16-19)15-18-8-5-4-6-9-18/h4-6,8-9,11,14,19H,3,7,10,12-13,15-17H2,1-2H3/t19-/m0/s1. The summed E-state index contributed by atoms with van der Waals surface area (Å²) in [5.74, 6) is 0.375. The first kappa shape index (κ1) is 19.6. The van der Waals surface area contributed by atoms with Gasteiger partial charge in [0, 0.05) is 19.1 Å². The van der Waals surface area contributed by atoms with Crippen LogP contribution in [-0.2, 0) is 17.8 Å². The van der Waals surface area contributed by atoms with Crippen molar-refractivity contribution < 1.29 is 13.9 Å². The molecule has 1 aromatic carbocycles. The number of hydrogen-bond acceptors (Lipinski definition) is 5.